The van der Waals surface area contributed by atoms with Gasteiger partial charge >= 0.3 is 0 Å². The number of imidazole rings is 1. The Morgan fingerprint density at radius 2 is 1.69 bits per heavy atom. The van der Waals surface area contributed by atoms with Crippen LogP contribution in [0.4, 0.5) is 17.3 Å². The van der Waals surface area contributed by atoms with Crippen molar-refractivity contribution in [2.24, 2.45) is 23.2 Å². The normalized spacial score (nSPS) is 23.9. The molecule has 5 aromatic rings. The Balaban J connectivity index is 0.912. The van der Waals surface area contributed by atoms with Gasteiger partial charge in [0.25, 0.3) is 5.56 Å². The number of amides is 1. The number of hydrogen-bond acceptors (Lipinski definition) is 8. The van der Waals surface area contributed by atoms with Gasteiger partial charge in [0.2, 0.25) is 11.9 Å². The second-order valence-electron chi connectivity index (χ2n) is 15.4. The second kappa shape index (κ2) is 12.5. The number of ether oxygens (including phenoxy) is 1. The summed E-state index contributed by atoms with van der Waals surface area (Å²) in [5, 5.41) is 4.12. The van der Waals surface area contributed by atoms with E-state index >= 15 is 0 Å². The topological polar surface area (TPSA) is 110 Å². The summed E-state index contributed by atoms with van der Waals surface area (Å²) in [7, 11) is 1.65. The van der Waals surface area contributed by atoms with Crippen LogP contribution in [0.2, 0.25) is 0 Å². The molecule has 262 valence electrons. The maximum absolute atomic E-state index is 13.6. The standard InChI is InChI=1S/C40H44N8O3/c1-26-14-36(49)48(32-5-3-4-30(18-32)47-9-8-41-25-47)38-33(26)24-42-39(44-38)43-34-7-6-31(19-35(34)51-2)45-10-12-46(13-11-45)37(50)23-40-20-27-15-28(21-40)17-29(16-27)22-40/h3-9,14,18-19,24-25,27-29H,10-13,15-17,20-23H2,1-2H3,(H,42,43,44). The van der Waals surface area contributed by atoms with Gasteiger partial charge in [0.15, 0.2) is 5.65 Å². The number of nitrogens with zero attached hydrogens (tertiary/aromatic N) is 7. The van der Waals surface area contributed by atoms with Gasteiger partial charge in [-0.25, -0.2) is 9.97 Å². The molecular weight excluding hydrogens is 640 g/mol. The van der Waals surface area contributed by atoms with Crippen molar-refractivity contribution >= 4 is 34.3 Å². The first-order chi connectivity index (χ1) is 24.8. The molecule has 1 N–H and O–H groups in total. The fourth-order valence-electron chi connectivity index (χ4n) is 10.0. The average Bonchev–Trinajstić information content (AvgIpc) is 3.67. The molecule has 4 aliphatic carbocycles. The van der Waals surface area contributed by atoms with E-state index in [0.29, 0.717) is 34.6 Å². The van der Waals surface area contributed by atoms with Crippen molar-refractivity contribution in [2.45, 2.75) is 51.9 Å². The Morgan fingerprint density at radius 1 is 0.941 bits per heavy atom. The van der Waals surface area contributed by atoms with Gasteiger partial charge in [0.05, 0.1) is 24.8 Å². The zero-order valence-corrected chi connectivity index (χ0v) is 29.3. The van der Waals surface area contributed by atoms with Gasteiger partial charge in [-0.2, -0.15) is 4.98 Å². The molecule has 2 aromatic carbocycles. The van der Waals surface area contributed by atoms with Crippen LogP contribution in [0.1, 0.15) is 50.5 Å². The second-order valence-corrected chi connectivity index (χ2v) is 15.4. The monoisotopic (exact) mass is 684 g/mol. The Bertz CT molecular complexity index is 2130. The van der Waals surface area contributed by atoms with Crippen molar-refractivity contribution in [3.63, 3.8) is 0 Å². The molecule has 10 rings (SSSR count). The number of anilines is 3. The number of nitrogens with one attached hydrogen (secondary N) is 1. The van der Waals surface area contributed by atoms with E-state index < -0.39 is 0 Å². The van der Waals surface area contributed by atoms with E-state index in [2.05, 4.69) is 31.2 Å². The van der Waals surface area contributed by atoms with Crippen LogP contribution in [0.3, 0.4) is 0 Å². The van der Waals surface area contributed by atoms with Crippen molar-refractivity contribution in [3.8, 4) is 17.1 Å². The third kappa shape index (κ3) is 5.92. The summed E-state index contributed by atoms with van der Waals surface area (Å²) >= 11 is 0. The minimum absolute atomic E-state index is 0.177. The fraction of sp³-hybridized carbons (Fsp3) is 0.425. The van der Waals surface area contributed by atoms with Crippen LogP contribution in [0.5, 0.6) is 5.75 Å². The molecule has 0 atom stereocenters. The number of piperazine rings is 1. The Morgan fingerprint density at radius 3 is 2.39 bits per heavy atom. The number of benzene rings is 2. The first kappa shape index (κ1) is 31.8. The number of aryl methyl sites for hydroxylation is 1. The van der Waals surface area contributed by atoms with E-state index in [9.17, 15) is 9.59 Å². The van der Waals surface area contributed by atoms with Crippen LogP contribution < -0.4 is 20.5 Å². The summed E-state index contributed by atoms with van der Waals surface area (Å²) in [6.45, 7) is 4.95. The van der Waals surface area contributed by atoms with Crippen LogP contribution in [0.15, 0.2) is 78.2 Å². The van der Waals surface area contributed by atoms with Crippen LogP contribution in [-0.2, 0) is 4.79 Å². The molecule has 1 saturated heterocycles. The maximum Gasteiger partial charge on any atom is 0.257 e. The molecule has 11 nitrogen and oxygen atoms in total. The van der Waals surface area contributed by atoms with Gasteiger partial charge in [-0.15, -0.1) is 0 Å². The number of carbonyl (C=O) groups is 1. The minimum atomic E-state index is -0.177. The highest BCUT2D eigenvalue weighted by Crippen LogP contribution is 2.61. The zero-order valence-electron chi connectivity index (χ0n) is 29.3. The van der Waals surface area contributed by atoms with E-state index in [1.54, 1.807) is 36.5 Å². The Kier molecular flexibility index (Phi) is 7.81. The third-order valence-corrected chi connectivity index (χ3v) is 12.0. The molecule has 5 aliphatic rings. The predicted molar refractivity (Wildman–Crippen MR) is 197 cm³/mol. The highest BCUT2D eigenvalue weighted by molar-refractivity contribution is 5.81. The lowest BCUT2D eigenvalue weighted by Crippen LogP contribution is -2.52. The summed E-state index contributed by atoms with van der Waals surface area (Å²) in [5.41, 5.74) is 4.75. The summed E-state index contributed by atoms with van der Waals surface area (Å²) in [6, 6.07) is 15.4. The molecule has 4 heterocycles. The fourth-order valence-corrected chi connectivity index (χ4v) is 10.0. The third-order valence-electron chi connectivity index (χ3n) is 12.0. The highest BCUT2D eigenvalue weighted by atomic mass is 16.5. The van der Waals surface area contributed by atoms with Gasteiger partial charge in [-0.05, 0) is 105 Å². The van der Waals surface area contributed by atoms with E-state index in [1.165, 1.54) is 38.5 Å². The molecule has 4 bridgehead atoms. The van der Waals surface area contributed by atoms with E-state index in [0.717, 1.165) is 72.7 Å². The minimum Gasteiger partial charge on any atom is -0.494 e. The van der Waals surface area contributed by atoms with Crippen LogP contribution in [0.25, 0.3) is 22.4 Å². The number of hydrogen-bond donors (Lipinski definition) is 1. The van der Waals surface area contributed by atoms with Gasteiger partial charge in [-0.3, -0.25) is 14.2 Å². The van der Waals surface area contributed by atoms with E-state index in [1.807, 2.05) is 54.1 Å². The summed E-state index contributed by atoms with van der Waals surface area (Å²) in [5.74, 6) is 3.96. The van der Waals surface area contributed by atoms with Crippen molar-refractivity contribution in [2.75, 3.05) is 43.5 Å². The molecule has 1 aliphatic heterocycles. The number of fused-ring (bicyclic) bond motifs is 1. The number of rotatable bonds is 8. The predicted octanol–water partition coefficient (Wildman–Crippen LogP) is 6.28. The molecular formula is C40H44N8O3. The molecule has 11 heteroatoms. The smallest absolute Gasteiger partial charge is 0.257 e. The SMILES string of the molecule is COc1cc(N2CCN(C(=O)CC34CC5CC(CC(C5)C3)C4)CC2)ccc1Nc1ncc2c(C)cc(=O)n(-c3cccc(-n4ccnc4)c3)c2n1. The number of pyridine rings is 1. The van der Waals surface area contributed by atoms with Crippen molar-refractivity contribution in [3.05, 3.63) is 89.4 Å². The largest absolute Gasteiger partial charge is 0.494 e. The van der Waals surface area contributed by atoms with Crippen molar-refractivity contribution in [1.82, 2.24) is 29.0 Å². The maximum atomic E-state index is 13.6. The first-order valence-electron chi connectivity index (χ1n) is 18.3. The number of aromatic nitrogens is 5. The van der Waals surface area contributed by atoms with Gasteiger partial charge in [0.1, 0.15) is 5.75 Å². The Hall–Kier alpha value is -5.19. The molecule has 0 radical (unpaired) electrons. The number of carbonyl (C=O) groups excluding carboxylic acids is 1. The van der Waals surface area contributed by atoms with Gasteiger partial charge < -0.3 is 24.4 Å². The Labute approximate surface area is 297 Å². The molecule has 5 fully saturated rings. The van der Waals surface area contributed by atoms with Crippen molar-refractivity contribution in [1.29, 1.82) is 0 Å². The molecule has 0 unspecified atom stereocenters. The molecule has 1 amide bonds. The molecule has 51 heavy (non-hydrogen) atoms. The van der Waals surface area contributed by atoms with Crippen LogP contribution >= 0.6 is 0 Å². The number of methoxy groups -OCH3 is 1. The quantitative estimate of drug-likeness (QED) is 0.203. The van der Waals surface area contributed by atoms with E-state index in [-0.39, 0.29) is 11.0 Å². The van der Waals surface area contributed by atoms with Gasteiger partial charge in [-0.1, -0.05) is 6.07 Å². The van der Waals surface area contributed by atoms with Crippen molar-refractivity contribution < 1.29 is 9.53 Å². The molecule has 4 saturated carbocycles. The lowest BCUT2D eigenvalue weighted by molar-refractivity contribution is -0.139. The first-order valence-corrected chi connectivity index (χ1v) is 18.3. The lowest BCUT2D eigenvalue weighted by Gasteiger charge is -2.57. The highest BCUT2D eigenvalue weighted by Gasteiger charge is 2.51. The molecule has 3 aromatic heterocycles. The van der Waals surface area contributed by atoms with Gasteiger partial charge in [0, 0.05) is 80.1 Å². The lowest BCUT2D eigenvalue weighted by atomic mass is 9.49. The zero-order chi connectivity index (χ0) is 34.7. The van der Waals surface area contributed by atoms with E-state index in [4.69, 9.17) is 9.72 Å². The summed E-state index contributed by atoms with van der Waals surface area (Å²) in [6.07, 6.45) is 15.8. The summed E-state index contributed by atoms with van der Waals surface area (Å²) in [4.78, 5) is 45.1. The van der Waals surface area contributed by atoms with Crippen LogP contribution in [-0.4, -0.2) is 68.2 Å². The van der Waals surface area contributed by atoms with Crippen LogP contribution in [0, 0.1) is 30.1 Å². The summed E-state index contributed by atoms with van der Waals surface area (Å²) < 4.78 is 9.35. The average molecular weight is 685 g/mol. The molecule has 0 spiro atoms.